The molecular formula is C16H29NO2. The summed E-state index contributed by atoms with van der Waals surface area (Å²) in [6, 6.07) is 3.48. The molecule has 0 aromatic heterocycles. The molecule has 0 heterocycles. The monoisotopic (exact) mass is 267 g/mol. The molecule has 0 radical (unpaired) electrons. The largest absolute Gasteiger partial charge is 0.508 e. The maximum atomic E-state index is 9.96. The van der Waals surface area contributed by atoms with E-state index in [0.717, 1.165) is 36.8 Å². The number of unbranched alkanes of at least 4 members (excludes halogenated alkanes) is 4. The maximum Gasteiger partial charge on any atom is 0.119 e. The maximum absolute atomic E-state index is 9.96. The van der Waals surface area contributed by atoms with Crippen LogP contribution in [0.3, 0.4) is 0 Å². The Morgan fingerprint density at radius 2 is 1.11 bits per heavy atom. The van der Waals surface area contributed by atoms with Crippen molar-refractivity contribution in [3.8, 4) is 11.5 Å². The van der Waals surface area contributed by atoms with Crippen molar-refractivity contribution in [1.29, 1.82) is 0 Å². The first-order chi connectivity index (χ1) is 8.69. The number of phenolic OH excluding ortho intramolecular Hbond substituents is 2. The van der Waals surface area contributed by atoms with Crippen LogP contribution in [0.15, 0.2) is 12.1 Å². The highest BCUT2D eigenvalue weighted by Crippen LogP contribution is 2.29. The van der Waals surface area contributed by atoms with Crippen molar-refractivity contribution in [2.24, 2.45) is 0 Å². The minimum Gasteiger partial charge on any atom is -0.508 e. The zero-order chi connectivity index (χ0) is 13.4. The molecule has 0 saturated carbocycles. The van der Waals surface area contributed by atoms with Gasteiger partial charge < -0.3 is 16.4 Å². The molecule has 1 rings (SSSR count). The molecule has 0 spiro atoms. The molecule has 5 N–H and O–H groups in total. The zero-order valence-corrected chi connectivity index (χ0v) is 12.4. The van der Waals surface area contributed by atoms with Gasteiger partial charge in [0.05, 0.1) is 0 Å². The highest BCUT2D eigenvalue weighted by molar-refractivity contribution is 5.45. The molecule has 19 heavy (non-hydrogen) atoms. The second kappa shape index (κ2) is 9.68. The molecule has 0 aliphatic carbocycles. The number of phenols is 2. The summed E-state index contributed by atoms with van der Waals surface area (Å²) in [6.45, 7) is 4.32. The molecule has 110 valence electrons. The van der Waals surface area contributed by atoms with Crippen molar-refractivity contribution in [1.82, 2.24) is 6.15 Å². The van der Waals surface area contributed by atoms with Crippen molar-refractivity contribution in [2.75, 3.05) is 0 Å². The van der Waals surface area contributed by atoms with Gasteiger partial charge in [0, 0.05) is 0 Å². The third kappa shape index (κ3) is 5.97. The van der Waals surface area contributed by atoms with Gasteiger partial charge in [-0.1, -0.05) is 39.5 Å². The Kier molecular flexibility index (Phi) is 9.06. The van der Waals surface area contributed by atoms with Gasteiger partial charge in [0.2, 0.25) is 0 Å². The van der Waals surface area contributed by atoms with E-state index >= 15 is 0 Å². The van der Waals surface area contributed by atoms with Crippen molar-refractivity contribution in [2.45, 2.75) is 65.2 Å². The Morgan fingerprint density at radius 3 is 1.42 bits per heavy atom. The minimum atomic E-state index is 0. The molecule has 0 saturated heterocycles. The highest BCUT2D eigenvalue weighted by atomic mass is 16.3. The molecular weight excluding hydrogens is 238 g/mol. The van der Waals surface area contributed by atoms with E-state index in [1.165, 1.54) is 25.7 Å². The van der Waals surface area contributed by atoms with Gasteiger partial charge in [-0.05, 0) is 48.9 Å². The van der Waals surface area contributed by atoms with Crippen LogP contribution in [0.5, 0.6) is 11.5 Å². The van der Waals surface area contributed by atoms with Crippen LogP contribution >= 0.6 is 0 Å². The van der Waals surface area contributed by atoms with E-state index in [9.17, 15) is 10.2 Å². The fraction of sp³-hybridized carbons (Fsp3) is 0.625. The number of rotatable bonds is 8. The van der Waals surface area contributed by atoms with Crippen LogP contribution in [0.4, 0.5) is 0 Å². The Bertz CT molecular complexity index is 328. The van der Waals surface area contributed by atoms with E-state index in [-0.39, 0.29) is 6.15 Å². The molecule has 0 aliphatic heterocycles. The highest BCUT2D eigenvalue weighted by Gasteiger charge is 2.08. The average Bonchev–Trinajstić information content (AvgIpc) is 2.35. The van der Waals surface area contributed by atoms with Crippen molar-refractivity contribution >= 4 is 0 Å². The predicted octanol–water partition coefficient (Wildman–Crippen LogP) is 4.73. The van der Waals surface area contributed by atoms with E-state index < -0.39 is 0 Å². The van der Waals surface area contributed by atoms with Gasteiger partial charge in [-0.2, -0.15) is 0 Å². The molecule has 1 aromatic carbocycles. The van der Waals surface area contributed by atoms with E-state index in [4.69, 9.17) is 0 Å². The normalized spacial score (nSPS) is 10.2. The van der Waals surface area contributed by atoms with Gasteiger partial charge >= 0.3 is 0 Å². The summed E-state index contributed by atoms with van der Waals surface area (Å²) in [6.07, 6.45) is 8.50. The van der Waals surface area contributed by atoms with Gasteiger partial charge in [0.15, 0.2) is 0 Å². The minimum absolute atomic E-state index is 0. The lowest BCUT2D eigenvalue weighted by Gasteiger charge is -2.10. The second-order valence-electron chi connectivity index (χ2n) is 5.02. The number of aromatic hydroxyl groups is 2. The van der Waals surface area contributed by atoms with Crippen molar-refractivity contribution in [3.63, 3.8) is 0 Å². The van der Waals surface area contributed by atoms with E-state index in [0.29, 0.717) is 11.5 Å². The summed E-state index contributed by atoms with van der Waals surface area (Å²) in [5.74, 6) is 0.686. The number of hydrogen-bond acceptors (Lipinski definition) is 3. The van der Waals surface area contributed by atoms with Crippen LogP contribution in [0.2, 0.25) is 0 Å². The summed E-state index contributed by atoms with van der Waals surface area (Å²) in [5.41, 5.74) is 1.75. The van der Waals surface area contributed by atoms with E-state index in [1.807, 2.05) is 0 Å². The summed E-state index contributed by atoms with van der Waals surface area (Å²) in [4.78, 5) is 0. The van der Waals surface area contributed by atoms with Crippen LogP contribution in [0, 0.1) is 0 Å². The molecule has 1 aromatic rings. The number of hydrogen-bond donors (Lipinski definition) is 3. The topological polar surface area (TPSA) is 75.5 Å². The zero-order valence-electron chi connectivity index (χ0n) is 12.4. The number of aryl methyl sites for hydroxylation is 2. The van der Waals surface area contributed by atoms with Crippen LogP contribution in [-0.4, -0.2) is 10.2 Å². The van der Waals surface area contributed by atoms with Gasteiger partial charge in [-0.3, -0.25) is 0 Å². The van der Waals surface area contributed by atoms with Gasteiger partial charge in [-0.15, -0.1) is 0 Å². The third-order valence-electron chi connectivity index (χ3n) is 3.38. The van der Waals surface area contributed by atoms with Gasteiger partial charge in [-0.25, -0.2) is 0 Å². The van der Waals surface area contributed by atoms with Crippen molar-refractivity contribution in [3.05, 3.63) is 23.3 Å². The lowest BCUT2D eigenvalue weighted by Crippen LogP contribution is -1.92. The Hall–Kier alpha value is -1.22. The van der Waals surface area contributed by atoms with E-state index in [2.05, 4.69) is 13.8 Å². The van der Waals surface area contributed by atoms with Crippen molar-refractivity contribution < 1.29 is 10.2 Å². The summed E-state index contributed by atoms with van der Waals surface area (Å²) >= 11 is 0. The molecule has 0 unspecified atom stereocenters. The Labute approximate surface area is 117 Å². The molecule has 3 nitrogen and oxygen atoms in total. The quantitative estimate of drug-likeness (QED) is 0.471. The third-order valence-corrected chi connectivity index (χ3v) is 3.38. The van der Waals surface area contributed by atoms with Crippen LogP contribution in [-0.2, 0) is 12.8 Å². The Morgan fingerprint density at radius 1 is 0.737 bits per heavy atom. The molecule has 0 aliphatic rings. The first-order valence-corrected chi connectivity index (χ1v) is 7.22. The fourth-order valence-corrected chi connectivity index (χ4v) is 2.19. The van der Waals surface area contributed by atoms with Crippen LogP contribution < -0.4 is 6.15 Å². The smallest absolute Gasteiger partial charge is 0.119 e. The lowest BCUT2D eigenvalue weighted by atomic mass is 10.00. The summed E-state index contributed by atoms with van der Waals surface area (Å²) < 4.78 is 0. The predicted molar refractivity (Wildman–Crippen MR) is 81.3 cm³/mol. The summed E-state index contributed by atoms with van der Waals surface area (Å²) in [7, 11) is 0. The average molecular weight is 267 g/mol. The molecule has 0 atom stereocenters. The number of benzene rings is 1. The fourth-order valence-electron chi connectivity index (χ4n) is 2.19. The van der Waals surface area contributed by atoms with Gasteiger partial charge in [0.1, 0.15) is 11.5 Å². The molecule has 0 fully saturated rings. The first kappa shape index (κ1) is 17.8. The van der Waals surface area contributed by atoms with Crippen LogP contribution in [0.1, 0.15) is 63.5 Å². The van der Waals surface area contributed by atoms with E-state index in [1.54, 1.807) is 12.1 Å². The first-order valence-electron chi connectivity index (χ1n) is 7.22. The van der Waals surface area contributed by atoms with Crippen LogP contribution in [0.25, 0.3) is 0 Å². The Balaban J connectivity index is 0.00000324. The second-order valence-corrected chi connectivity index (χ2v) is 5.02. The molecule has 0 amide bonds. The summed E-state index contributed by atoms with van der Waals surface area (Å²) in [5, 5.41) is 19.9. The molecule has 3 heteroatoms. The molecule has 0 bridgehead atoms. The standard InChI is InChI=1S/C16H26O2.H3N/c1-3-5-7-9-13-11-16(18)14(12-15(13)17)10-8-6-4-2;/h11-12,17-18H,3-10H2,1-2H3;1H3. The SMILES string of the molecule is CCCCCc1cc(O)c(CCCCC)cc1O.N. The lowest BCUT2D eigenvalue weighted by molar-refractivity contribution is 0.446. The van der Waals surface area contributed by atoms with Gasteiger partial charge in [0.25, 0.3) is 0 Å².